The van der Waals surface area contributed by atoms with Crippen LogP contribution in [-0.2, 0) is 11.3 Å². The number of halogens is 1. The molecular weight excluding hydrogens is 288 g/mol. The van der Waals surface area contributed by atoms with E-state index in [4.69, 9.17) is 0 Å². The summed E-state index contributed by atoms with van der Waals surface area (Å²) in [4.78, 5) is 13.4. The van der Waals surface area contributed by atoms with Crippen LogP contribution in [0.1, 0.15) is 5.56 Å². The zero-order valence-electron chi connectivity index (χ0n) is 9.20. The van der Waals surface area contributed by atoms with E-state index in [1.54, 1.807) is 22.3 Å². The summed E-state index contributed by atoms with van der Waals surface area (Å²) >= 11 is 5.03. The van der Waals surface area contributed by atoms with Crippen LogP contribution < -0.4 is 5.32 Å². The van der Waals surface area contributed by atoms with Crippen LogP contribution >= 0.6 is 27.3 Å². The summed E-state index contributed by atoms with van der Waals surface area (Å²) in [6, 6.07) is 2.03. The molecule has 5 heteroatoms. The SMILES string of the molecule is C=CCNCC(=O)N(C)Cc1csc(Br)c1. The van der Waals surface area contributed by atoms with Crippen LogP contribution in [0.15, 0.2) is 27.9 Å². The van der Waals surface area contributed by atoms with E-state index in [2.05, 4.69) is 27.8 Å². The van der Waals surface area contributed by atoms with Gasteiger partial charge in [0.1, 0.15) is 0 Å². The largest absolute Gasteiger partial charge is 0.340 e. The second kappa shape index (κ2) is 6.83. The lowest BCUT2D eigenvalue weighted by Gasteiger charge is -2.16. The molecule has 1 rings (SSSR count). The standard InChI is InChI=1S/C11H15BrN2OS/c1-3-4-13-6-11(15)14(2)7-9-5-10(12)16-8-9/h3,5,8,13H,1,4,6-7H2,2H3. The molecule has 1 N–H and O–H groups in total. The average Bonchev–Trinajstić information content (AvgIpc) is 2.64. The Kier molecular flexibility index (Phi) is 5.73. The minimum Gasteiger partial charge on any atom is -0.340 e. The van der Waals surface area contributed by atoms with Gasteiger partial charge >= 0.3 is 0 Å². The van der Waals surface area contributed by atoms with E-state index in [1.165, 1.54) is 0 Å². The van der Waals surface area contributed by atoms with Crippen molar-refractivity contribution in [1.82, 2.24) is 10.2 Å². The van der Waals surface area contributed by atoms with Crippen LogP contribution in [-0.4, -0.2) is 30.9 Å². The number of thiophene rings is 1. The van der Waals surface area contributed by atoms with Gasteiger partial charge in [-0.15, -0.1) is 17.9 Å². The highest BCUT2D eigenvalue weighted by Crippen LogP contribution is 2.21. The van der Waals surface area contributed by atoms with Crippen LogP contribution in [0.3, 0.4) is 0 Å². The maximum Gasteiger partial charge on any atom is 0.236 e. The lowest BCUT2D eigenvalue weighted by atomic mass is 10.3. The van der Waals surface area contributed by atoms with Crippen molar-refractivity contribution >= 4 is 33.2 Å². The Morgan fingerprint density at radius 1 is 1.75 bits per heavy atom. The molecule has 3 nitrogen and oxygen atoms in total. The lowest BCUT2D eigenvalue weighted by Crippen LogP contribution is -2.35. The Balaban J connectivity index is 2.36. The van der Waals surface area contributed by atoms with Gasteiger partial charge in [-0.05, 0) is 32.9 Å². The molecule has 0 bridgehead atoms. The van der Waals surface area contributed by atoms with Crippen molar-refractivity contribution in [2.75, 3.05) is 20.1 Å². The summed E-state index contributed by atoms with van der Waals surface area (Å²) in [5, 5.41) is 5.04. The number of amides is 1. The maximum atomic E-state index is 11.6. The molecule has 1 amide bonds. The van der Waals surface area contributed by atoms with Gasteiger partial charge in [-0.25, -0.2) is 0 Å². The van der Waals surface area contributed by atoms with E-state index in [1.807, 2.05) is 18.5 Å². The van der Waals surface area contributed by atoms with Gasteiger partial charge < -0.3 is 10.2 Å². The van der Waals surface area contributed by atoms with E-state index in [0.717, 1.165) is 9.35 Å². The molecule has 0 spiro atoms. The van der Waals surface area contributed by atoms with E-state index < -0.39 is 0 Å². The molecule has 0 aliphatic rings. The van der Waals surface area contributed by atoms with E-state index in [9.17, 15) is 4.79 Å². The van der Waals surface area contributed by atoms with Gasteiger partial charge in [0.25, 0.3) is 0 Å². The van der Waals surface area contributed by atoms with Gasteiger partial charge in [-0.2, -0.15) is 0 Å². The van der Waals surface area contributed by atoms with Crippen LogP contribution in [0.4, 0.5) is 0 Å². The molecule has 88 valence electrons. The Labute approximate surface area is 108 Å². The van der Waals surface area contributed by atoms with Gasteiger partial charge in [0.2, 0.25) is 5.91 Å². The summed E-state index contributed by atoms with van der Waals surface area (Å²) in [6.45, 7) is 5.24. The fourth-order valence-corrected chi connectivity index (χ4v) is 2.41. The first kappa shape index (κ1) is 13.4. The van der Waals surface area contributed by atoms with Crippen molar-refractivity contribution < 1.29 is 4.79 Å². The molecule has 1 heterocycles. The highest BCUT2D eigenvalue weighted by Gasteiger charge is 2.09. The fourth-order valence-electron chi connectivity index (χ4n) is 1.21. The molecule has 1 aromatic heterocycles. The van der Waals surface area contributed by atoms with Gasteiger partial charge in [-0.1, -0.05) is 6.08 Å². The summed E-state index contributed by atoms with van der Waals surface area (Å²) in [7, 11) is 1.81. The first-order valence-electron chi connectivity index (χ1n) is 4.92. The second-order valence-electron chi connectivity index (χ2n) is 3.43. The first-order chi connectivity index (χ1) is 7.63. The number of nitrogens with zero attached hydrogens (tertiary/aromatic N) is 1. The van der Waals surface area contributed by atoms with E-state index >= 15 is 0 Å². The third kappa shape index (κ3) is 4.47. The van der Waals surface area contributed by atoms with Crippen LogP contribution in [0.25, 0.3) is 0 Å². The molecule has 0 aromatic carbocycles. The number of likely N-dealkylation sites (N-methyl/N-ethyl adjacent to an activating group) is 1. The van der Waals surface area contributed by atoms with Crippen LogP contribution in [0, 0.1) is 0 Å². The average molecular weight is 303 g/mol. The van der Waals surface area contributed by atoms with Crippen LogP contribution in [0.2, 0.25) is 0 Å². The molecule has 0 saturated carbocycles. The Morgan fingerprint density at radius 2 is 2.50 bits per heavy atom. The smallest absolute Gasteiger partial charge is 0.236 e. The molecule has 0 fully saturated rings. The summed E-state index contributed by atoms with van der Waals surface area (Å²) < 4.78 is 1.09. The third-order valence-electron chi connectivity index (χ3n) is 2.03. The van der Waals surface area contributed by atoms with E-state index in [0.29, 0.717) is 19.6 Å². The molecule has 0 unspecified atom stereocenters. The molecular formula is C11H15BrN2OS. The molecule has 0 radical (unpaired) electrons. The van der Waals surface area contributed by atoms with Crippen molar-refractivity contribution in [2.24, 2.45) is 0 Å². The zero-order chi connectivity index (χ0) is 12.0. The topological polar surface area (TPSA) is 32.3 Å². The number of hydrogen-bond donors (Lipinski definition) is 1. The second-order valence-corrected chi connectivity index (χ2v) is 5.72. The summed E-state index contributed by atoms with van der Waals surface area (Å²) in [5.41, 5.74) is 1.15. The van der Waals surface area contributed by atoms with E-state index in [-0.39, 0.29) is 5.91 Å². The van der Waals surface area contributed by atoms with Crippen molar-refractivity contribution in [1.29, 1.82) is 0 Å². The van der Waals surface area contributed by atoms with Gasteiger partial charge in [0.05, 0.1) is 10.3 Å². The Bertz CT molecular complexity index is 365. The minimum absolute atomic E-state index is 0.0872. The van der Waals surface area contributed by atoms with Gasteiger partial charge in [0, 0.05) is 20.1 Å². The highest BCUT2D eigenvalue weighted by atomic mass is 79.9. The van der Waals surface area contributed by atoms with Crippen LogP contribution in [0.5, 0.6) is 0 Å². The van der Waals surface area contributed by atoms with Crippen molar-refractivity contribution in [3.63, 3.8) is 0 Å². The number of carbonyl (C=O) groups excluding carboxylic acids is 1. The van der Waals surface area contributed by atoms with Gasteiger partial charge in [0.15, 0.2) is 0 Å². The quantitative estimate of drug-likeness (QED) is 0.646. The molecule has 16 heavy (non-hydrogen) atoms. The Hall–Kier alpha value is -0.650. The number of rotatable bonds is 6. The normalized spacial score (nSPS) is 10.1. The molecule has 0 atom stereocenters. The zero-order valence-corrected chi connectivity index (χ0v) is 11.6. The maximum absolute atomic E-state index is 11.6. The van der Waals surface area contributed by atoms with Gasteiger partial charge in [-0.3, -0.25) is 4.79 Å². The number of hydrogen-bond acceptors (Lipinski definition) is 3. The van der Waals surface area contributed by atoms with Crippen molar-refractivity contribution in [3.05, 3.63) is 33.5 Å². The summed E-state index contributed by atoms with van der Waals surface area (Å²) in [6.07, 6.45) is 1.74. The number of carbonyl (C=O) groups is 1. The Morgan fingerprint density at radius 3 is 3.06 bits per heavy atom. The first-order valence-corrected chi connectivity index (χ1v) is 6.59. The molecule has 0 saturated heterocycles. The monoisotopic (exact) mass is 302 g/mol. The molecule has 0 aliphatic heterocycles. The highest BCUT2D eigenvalue weighted by molar-refractivity contribution is 9.11. The predicted molar refractivity (Wildman–Crippen MR) is 71.6 cm³/mol. The lowest BCUT2D eigenvalue weighted by molar-refractivity contribution is -0.129. The minimum atomic E-state index is 0.0872. The molecule has 0 aliphatic carbocycles. The number of nitrogens with one attached hydrogen (secondary N) is 1. The predicted octanol–water partition coefficient (Wildman–Crippen LogP) is 2.24. The van der Waals surface area contributed by atoms with Crippen molar-refractivity contribution in [3.8, 4) is 0 Å². The third-order valence-corrected chi connectivity index (χ3v) is 3.59. The fraction of sp³-hybridized carbons (Fsp3) is 0.364. The molecule has 1 aromatic rings. The summed E-state index contributed by atoms with van der Waals surface area (Å²) in [5.74, 6) is 0.0872. The van der Waals surface area contributed by atoms with Crippen molar-refractivity contribution in [2.45, 2.75) is 6.54 Å².